The summed E-state index contributed by atoms with van der Waals surface area (Å²) in [4.78, 5) is 13.1. The van der Waals surface area contributed by atoms with E-state index in [1.165, 1.54) is 12.8 Å². The number of unbranched alkanes of at least 4 members (excludes halogenated alkanes) is 8. The van der Waals surface area contributed by atoms with Crippen LogP contribution in [-0.4, -0.2) is 140 Å². The van der Waals surface area contributed by atoms with E-state index in [0.717, 1.165) is 109 Å². The van der Waals surface area contributed by atoms with Crippen LogP contribution in [0.15, 0.2) is 122 Å². The molecule has 0 radical (unpaired) electrons. The molecule has 1 amide bonds. The summed E-state index contributed by atoms with van der Waals surface area (Å²) in [5.74, 6) is -0.260. The number of ether oxygens (including phenoxy) is 4. The van der Waals surface area contributed by atoms with Gasteiger partial charge in [-0.3, -0.25) is 4.79 Å². The molecule has 2 rings (SSSR count). The van der Waals surface area contributed by atoms with Crippen molar-refractivity contribution in [1.82, 2.24) is 5.32 Å². The van der Waals surface area contributed by atoms with Gasteiger partial charge in [-0.25, -0.2) is 0 Å². The van der Waals surface area contributed by atoms with E-state index in [1.54, 1.807) is 0 Å². The Hall–Kier alpha value is -3.61. The first-order valence-electron chi connectivity index (χ1n) is 27.8. The average Bonchev–Trinajstić information content (AvgIpc) is 3.40. The third kappa shape index (κ3) is 30.2. The van der Waals surface area contributed by atoms with Crippen LogP contribution in [0.3, 0.4) is 0 Å². The van der Waals surface area contributed by atoms with Crippen molar-refractivity contribution < 1.29 is 64.6 Å². The predicted molar refractivity (Wildman–Crippen MR) is 295 cm³/mol. The Labute approximate surface area is 444 Å². The highest BCUT2D eigenvalue weighted by molar-refractivity contribution is 5.76. The van der Waals surface area contributed by atoms with Gasteiger partial charge in [-0.1, -0.05) is 180 Å². The zero-order valence-corrected chi connectivity index (χ0v) is 44.8. The lowest BCUT2D eigenvalue weighted by atomic mass is 9.97. The SMILES string of the molecule is CC/C=C\C/C=C\C/C=C\C/C=C\C/C=C\C/C=C\C/C=C\C/C=C\C/C=C\C/C=C\CCCCC(=O)NC(COC1OC(CO)C(OC2OC(CO)C(O)C(O)C2O)C(O)C1O)C(O)CCCCCCCCC. The van der Waals surface area contributed by atoms with Crippen molar-refractivity contribution >= 4 is 5.91 Å². The maximum absolute atomic E-state index is 13.1. The van der Waals surface area contributed by atoms with Crippen molar-refractivity contribution in [2.45, 2.75) is 229 Å². The molecule has 74 heavy (non-hydrogen) atoms. The molecule has 0 saturated carbocycles. The third-order valence-electron chi connectivity index (χ3n) is 12.7. The largest absolute Gasteiger partial charge is 0.394 e. The van der Waals surface area contributed by atoms with Crippen molar-refractivity contribution in [3.8, 4) is 0 Å². The molecule has 0 aromatic carbocycles. The molecule has 12 unspecified atom stereocenters. The quantitative estimate of drug-likeness (QED) is 0.0207. The number of amides is 1. The summed E-state index contributed by atoms with van der Waals surface area (Å²) in [7, 11) is 0. The van der Waals surface area contributed by atoms with Gasteiger partial charge in [0.2, 0.25) is 5.91 Å². The molecule has 2 aliphatic rings. The first-order chi connectivity index (χ1) is 36.1. The minimum absolute atomic E-state index is 0.239. The van der Waals surface area contributed by atoms with E-state index in [4.69, 9.17) is 18.9 Å². The third-order valence-corrected chi connectivity index (χ3v) is 12.7. The van der Waals surface area contributed by atoms with Crippen LogP contribution in [0.5, 0.6) is 0 Å². The Balaban J connectivity index is 1.68. The van der Waals surface area contributed by atoms with Crippen LogP contribution in [0.25, 0.3) is 0 Å². The second kappa shape index (κ2) is 44.5. The van der Waals surface area contributed by atoms with Crippen molar-refractivity contribution in [3.05, 3.63) is 122 Å². The molecule has 420 valence electrons. The fourth-order valence-corrected chi connectivity index (χ4v) is 8.20. The maximum atomic E-state index is 13.1. The lowest BCUT2D eigenvalue weighted by Gasteiger charge is -2.46. The van der Waals surface area contributed by atoms with Gasteiger partial charge in [0.15, 0.2) is 12.6 Å². The smallest absolute Gasteiger partial charge is 0.220 e. The molecule has 14 heteroatoms. The Morgan fingerprint density at radius 2 is 0.932 bits per heavy atom. The number of carbonyl (C=O) groups excluding carboxylic acids is 1. The number of rotatable bonds is 41. The highest BCUT2D eigenvalue weighted by Crippen LogP contribution is 2.30. The predicted octanol–water partition coefficient (Wildman–Crippen LogP) is 8.66. The van der Waals surface area contributed by atoms with Gasteiger partial charge in [0.1, 0.15) is 48.8 Å². The summed E-state index contributed by atoms with van der Waals surface area (Å²) in [6, 6.07) is -0.858. The van der Waals surface area contributed by atoms with Crippen LogP contribution in [0.2, 0.25) is 0 Å². The topological polar surface area (TPSA) is 228 Å². The van der Waals surface area contributed by atoms with E-state index >= 15 is 0 Å². The molecule has 0 spiro atoms. The van der Waals surface area contributed by atoms with E-state index in [-0.39, 0.29) is 18.9 Å². The van der Waals surface area contributed by atoms with Gasteiger partial charge in [0.25, 0.3) is 0 Å². The fourth-order valence-electron chi connectivity index (χ4n) is 8.20. The van der Waals surface area contributed by atoms with Crippen molar-refractivity contribution in [2.75, 3.05) is 19.8 Å². The second-order valence-corrected chi connectivity index (χ2v) is 19.0. The lowest BCUT2D eigenvalue weighted by Crippen LogP contribution is -2.65. The fraction of sp³-hybridized carbons (Fsp3) is 0.650. The first kappa shape index (κ1) is 66.5. The van der Waals surface area contributed by atoms with Gasteiger partial charge in [-0.15, -0.1) is 0 Å². The normalized spacial score (nSPS) is 26.2. The minimum Gasteiger partial charge on any atom is -0.394 e. The van der Waals surface area contributed by atoms with E-state index in [9.17, 15) is 45.6 Å². The highest BCUT2D eigenvalue weighted by Gasteiger charge is 2.51. The molecule has 9 N–H and O–H groups in total. The minimum atomic E-state index is -1.79. The van der Waals surface area contributed by atoms with Crippen molar-refractivity contribution in [1.29, 1.82) is 0 Å². The molecule has 0 aromatic rings. The number of aliphatic hydroxyl groups is 8. The molecule has 0 aromatic heterocycles. The average molecular weight is 1040 g/mol. The summed E-state index contributed by atoms with van der Waals surface area (Å²) in [5, 5.41) is 86.6. The molecule has 2 heterocycles. The van der Waals surface area contributed by atoms with Crippen LogP contribution in [0.4, 0.5) is 0 Å². The molecule has 2 aliphatic heterocycles. The molecule has 0 aliphatic carbocycles. The summed E-state index contributed by atoms with van der Waals surface area (Å²) < 4.78 is 22.6. The Bertz CT molecular complexity index is 1700. The number of aliphatic hydroxyl groups excluding tert-OH is 8. The lowest BCUT2D eigenvalue weighted by molar-refractivity contribution is -0.359. The van der Waals surface area contributed by atoms with Gasteiger partial charge >= 0.3 is 0 Å². The van der Waals surface area contributed by atoms with E-state index < -0.39 is 86.8 Å². The Kier molecular flexibility index (Phi) is 40.0. The van der Waals surface area contributed by atoms with Crippen LogP contribution in [0.1, 0.15) is 155 Å². The number of carbonyl (C=O) groups is 1. The van der Waals surface area contributed by atoms with Gasteiger partial charge in [0.05, 0.1) is 32.0 Å². The standard InChI is InChI=1S/C60H97NO13/c1-3-5-7-9-11-12-13-14-15-16-17-18-19-20-21-22-23-24-25-26-27-28-29-30-31-32-33-34-35-36-38-40-42-44-52(65)61-48(49(64)43-41-39-37-10-8-6-4-2)47-71-59-57(70)55(68)58(51(46-63)73-59)74-60-56(69)54(67)53(66)50(45-62)72-60/h5,7,11-12,14-15,17-18,20-21,23-24,26-27,29-30,32-33,35-36,48-51,53-60,62-64,66-70H,3-4,6,8-10,13,16,19,22,25,28,31,34,37-47H2,1-2H3,(H,61,65)/b7-5-,12-11-,15-14-,18-17-,21-20-,24-23-,27-26-,30-29-,33-32-,36-35-. The number of allylic oxidation sites excluding steroid dienone is 20. The van der Waals surface area contributed by atoms with E-state index in [1.807, 2.05) is 0 Å². The van der Waals surface area contributed by atoms with Gasteiger partial charge in [0, 0.05) is 6.42 Å². The molecular formula is C60H97NO13. The monoisotopic (exact) mass is 1040 g/mol. The molecular weight excluding hydrogens is 943 g/mol. The number of hydrogen-bond donors (Lipinski definition) is 9. The Morgan fingerprint density at radius 1 is 0.500 bits per heavy atom. The van der Waals surface area contributed by atoms with Gasteiger partial charge in [-0.2, -0.15) is 0 Å². The highest BCUT2D eigenvalue weighted by atomic mass is 16.7. The van der Waals surface area contributed by atoms with Gasteiger partial charge < -0.3 is 65.1 Å². The maximum Gasteiger partial charge on any atom is 0.220 e. The molecule has 12 atom stereocenters. The molecule has 14 nitrogen and oxygen atoms in total. The van der Waals surface area contributed by atoms with Crippen LogP contribution < -0.4 is 5.32 Å². The zero-order chi connectivity index (χ0) is 53.9. The van der Waals surface area contributed by atoms with Crippen LogP contribution >= 0.6 is 0 Å². The summed E-state index contributed by atoms with van der Waals surface area (Å²) in [5.41, 5.74) is 0. The van der Waals surface area contributed by atoms with E-state index in [2.05, 4.69) is 141 Å². The van der Waals surface area contributed by atoms with E-state index in [0.29, 0.717) is 12.8 Å². The summed E-state index contributed by atoms with van der Waals surface area (Å²) in [6.07, 6.45) is 46.8. The molecule has 0 bridgehead atoms. The van der Waals surface area contributed by atoms with Crippen molar-refractivity contribution in [3.63, 3.8) is 0 Å². The first-order valence-corrected chi connectivity index (χ1v) is 27.8. The van der Waals surface area contributed by atoms with Crippen LogP contribution in [-0.2, 0) is 23.7 Å². The summed E-state index contributed by atoms with van der Waals surface area (Å²) >= 11 is 0. The second-order valence-electron chi connectivity index (χ2n) is 19.0. The summed E-state index contributed by atoms with van der Waals surface area (Å²) in [6.45, 7) is 2.62. The molecule has 2 saturated heterocycles. The number of nitrogens with one attached hydrogen (secondary N) is 1. The van der Waals surface area contributed by atoms with Crippen molar-refractivity contribution in [2.24, 2.45) is 0 Å². The van der Waals surface area contributed by atoms with Gasteiger partial charge in [-0.05, 0) is 89.9 Å². The molecule has 2 fully saturated rings. The van der Waals surface area contributed by atoms with Crippen LogP contribution in [0, 0.1) is 0 Å². The zero-order valence-electron chi connectivity index (χ0n) is 44.8. The number of hydrogen-bond acceptors (Lipinski definition) is 13. The Morgan fingerprint density at radius 3 is 1.41 bits per heavy atom.